The van der Waals surface area contributed by atoms with Crippen LogP contribution in [0, 0.1) is 0 Å². The van der Waals surface area contributed by atoms with E-state index in [4.69, 9.17) is 16.3 Å². The number of ether oxygens (including phenoxy) is 1. The number of carbonyl (C=O) groups is 2. The van der Waals surface area contributed by atoms with E-state index in [1.165, 1.54) is 18.1 Å². The fraction of sp³-hybridized carbons (Fsp3) is 0.391. The maximum atomic E-state index is 13.4. The Morgan fingerprint density at radius 2 is 1.76 bits per heavy atom. The van der Waals surface area contributed by atoms with Gasteiger partial charge >= 0.3 is 0 Å². The van der Waals surface area contributed by atoms with Crippen LogP contribution in [-0.2, 0) is 26.2 Å². The zero-order valence-corrected chi connectivity index (χ0v) is 21.0. The number of nitrogens with zero attached hydrogens (tertiary/aromatic N) is 2. The van der Waals surface area contributed by atoms with Crippen LogP contribution in [-0.4, -0.2) is 57.1 Å². The number of benzene rings is 2. The van der Waals surface area contributed by atoms with Crippen molar-refractivity contribution in [2.24, 2.45) is 0 Å². The standard InChI is InChI=1S/C23H30ClN3O5S/c1-16(2)25-23(29)17(3)26(14-18-9-6-7-12-21(18)24)22(28)15-27(33(5,30)31)19-10-8-11-20(13-19)32-4/h6-13,16-17H,14-15H2,1-5H3,(H,25,29)/t17-/m1/s1. The quantitative estimate of drug-likeness (QED) is 0.546. The average molecular weight is 496 g/mol. The van der Waals surface area contributed by atoms with Crippen molar-refractivity contribution in [2.75, 3.05) is 24.2 Å². The van der Waals surface area contributed by atoms with Crippen LogP contribution in [0.5, 0.6) is 5.75 Å². The molecule has 2 aromatic carbocycles. The minimum Gasteiger partial charge on any atom is -0.497 e. The molecular formula is C23H30ClN3O5S. The molecule has 0 radical (unpaired) electrons. The van der Waals surface area contributed by atoms with Crippen molar-refractivity contribution in [1.82, 2.24) is 10.2 Å². The third-order valence-corrected chi connectivity index (χ3v) is 6.43. The Morgan fingerprint density at radius 1 is 1.09 bits per heavy atom. The van der Waals surface area contributed by atoms with E-state index in [-0.39, 0.29) is 24.2 Å². The summed E-state index contributed by atoms with van der Waals surface area (Å²) < 4.78 is 31.3. The number of sulfonamides is 1. The summed E-state index contributed by atoms with van der Waals surface area (Å²) in [5.74, 6) is -0.446. The Morgan fingerprint density at radius 3 is 2.33 bits per heavy atom. The van der Waals surface area contributed by atoms with E-state index in [1.807, 2.05) is 13.8 Å². The van der Waals surface area contributed by atoms with Crippen molar-refractivity contribution in [2.45, 2.75) is 39.4 Å². The van der Waals surface area contributed by atoms with Crippen LogP contribution in [0.1, 0.15) is 26.3 Å². The Kier molecular flexibility index (Phi) is 9.13. The van der Waals surface area contributed by atoms with Crippen LogP contribution in [0.3, 0.4) is 0 Å². The smallest absolute Gasteiger partial charge is 0.244 e. The first-order valence-electron chi connectivity index (χ1n) is 10.4. The van der Waals surface area contributed by atoms with Crippen molar-refractivity contribution in [1.29, 1.82) is 0 Å². The van der Waals surface area contributed by atoms with Gasteiger partial charge in [-0.1, -0.05) is 35.9 Å². The second kappa shape index (κ2) is 11.4. The highest BCUT2D eigenvalue weighted by molar-refractivity contribution is 7.92. The van der Waals surface area contributed by atoms with Crippen molar-refractivity contribution in [3.05, 3.63) is 59.1 Å². The number of nitrogens with one attached hydrogen (secondary N) is 1. The van der Waals surface area contributed by atoms with Gasteiger partial charge in [-0.3, -0.25) is 13.9 Å². The minimum atomic E-state index is -3.81. The van der Waals surface area contributed by atoms with E-state index < -0.39 is 28.5 Å². The molecule has 0 unspecified atom stereocenters. The molecule has 0 aliphatic heterocycles. The lowest BCUT2D eigenvalue weighted by Gasteiger charge is -2.32. The van der Waals surface area contributed by atoms with Gasteiger partial charge in [0.05, 0.1) is 19.1 Å². The molecule has 2 rings (SSSR count). The van der Waals surface area contributed by atoms with E-state index in [1.54, 1.807) is 49.4 Å². The van der Waals surface area contributed by atoms with Crippen LogP contribution in [0.25, 0.3) is 0 Å². The molecule has 0 aliphatic rings. The Labute approximate surface area is 200 Å². The lowest BCUT2D eigenvalue weighted by Crippen LogP contribution is -2.52. The third kappa shape index (κ3) is 7.36. The van der Waals surface area contributed by atoms with E-state index in [9.17, 15) is 18.0 Å². The second-order valence-electron chi connectivity index (χ2n) is 7.92. The van der Waals surface area contributed by atoms with Crippen molar-refractivity contribution < 1.29 is 22.7 Å². The maximum Gasteiger partial charge on any atom is 0.244 e. The first-order chi connectivity index (χ1) is 15.4. The number of halogens is 1. The highest BCUT2D eigenvalue weighted by atomic mass is 35.5. The normalized spacial score (nSPS) is 12.2. The van der Waals surface area contributed by atoms with Gasteiger partial charge in [0.15, 0.2) is 0 Å². The van der Waals surface area contributed by atoms with Crippen molar-refractivity contribution in [3.63, 3.8) is 0 Å². The van der Waals surface area contributed by atoms with Crippen molar-refractivity contribution >= 4 is 39.1 Å². The van der Waals surface area contributed by atoms with Gasteiger partial charge < -0.3 is 15.0 Å². The highest BCUT2D eigenvalue weighted by Gasteiger charge is 2.30. The highest BCUT2D eigenvalue weighted by Crippen LogP contribution is 2.24. The summed E-state index contributed by atoms with van der Waals surface area (Å²) in [6.07, 6.45) is 1.02. The number of anilines is 1. The monoisotopic (exact) mass is 495 g/mol. The van der Waals surface area contributed by atoms with Gasteiger partial charge in [0.1, 0.15) is 18.3 Å². The topological polar surface area (TPSA) is 96.0 Å². The van der Waals surface area contributed by atoms with Crippen LogP contribution in [0.4, 0.5) is 5.69 Å². The molecule has 8 nitrogen and oxygen atoms in total. The first kappa shape index (κ1) is 26.5. The molecule has 0 saturated carbocycles. The summed E-state index contributed by atoms with van der Waals surface area (Å²) in [7, 11) is -2.35. The Balaban J connectivity index is 2.42. The van der Waals surface area contributed by atoms with Gasteiger partial charge in [0, 0.05) is 23.7 Å². The predicted octanol–water partition coefficient (Wildman–Crippen LogP) is 3.06. The molecule has 0 bridgehead atoms. The Bertz CT molecular complexity index is 1090. The zero-order valence-electron chi connectivity index (χ0n) is 19.4. The maximum absolute atomic E-state index is 13.4. The molecule has 33 heavy (non-hydrogen) atoms. The molecule has 1 atom stereocenters. The molecule has 0 aliphatic carbocycles. The first-order valence-corrected chi connectivity index (χ1v) is 12.6. The molecule has 0 heterocycles. The number of amides is 2. The van der Waals surface area contributed by atoms with E-state index in [0.29, 0.717) is 16.3 Å². The molecule has 0 fully saturated rings. The molecular weight excluding hydrogens is 466 g/mol. The van der Waals surface area contributed by atoms with Crippen LogP contribution in [0.2, 0.25) is 5.02 Å². The van der Waals surface area contributed by atoms with E-state index in [0.717, 1.165) is 10.6 Å². The number of hydrogen-bond donors (Lipinski definition) is 1. The van der Waals surface area contributed by atoms with E-state index >= 15 is 0 Å². The molecule has 2 aromatic rings. The van der Waals surface area contributed by atoms with E-state index in [2.05, 4.69) is 5.32 Å². The predicted molar refractivity (Wildman–Crippen MR) is 130 cm³/mol. The van der Waals surface area contributed by atoms with Gasteiger partial charge in [0.25, 0.3) is 0 Å². The van der Waals surface area contributed by atoms with Gasteiger partial charge in [-0.25, -0.2) is 8.42 Å². The summed E-state index contributed by atoms with van der Waals surface area (Å²) in [5.41, 5.74) is 0.922. The number of carbonyl (C=O) groups excluding carboxylic acids is 2. The van der Waals surface area contributed by atoms with Crippen LogP contribution in [0.15, 0.2) is 48.5 Å². The number of rotatable bonds is 10. The Hall–Kier alpha value is -2.78. The molecule has 1 N–H and O–H groups in total. The molecule has 180 valence electrons. The third-order valence-electron chi connectivity index (χ3n) is 4.92. The largest absolute Gasteiger partial charge is 0.497 e. The van der Waals surface area contributed by atoms with Crippen molar-refractivity contribution in [3.8, 4) is 5.75 Å². The van der Waals surface area contributed by atoms with Crippen LogP contribution >= 0.6 is 11.6 Å². The molecule has 0 aromatic heterocycles. The second-order valence-corrected chi connectivity index (χ2v) is 10.2. The van der Waals surface area contributed by atoms with Crippen LogP contribution < -0.4 is 14.4 Å². The SMILES string of the molecule is COc1cccc(N(CC(=O)N(Cc2ccccc2Cl)[C@H](C)C(=O)NC(C)C)S(C)(=O)=O)c1. The molecule has 0 saturated heterocycles. The fourth-order valence-corrected chi connectivity index (χ4v) is 4.21. The molecule has 0 spiro atoms. The zero-order chi connectivity index (χ0) is 24.8. The lowest BCUT2D eigenvalue weighted by atomic mass is 10.1. The summed E-state index contributed by atoms with van der Waals surface area (Å²) >= 11 is 6.29. The summed E-state index contributed by atoms with van der Waals surface area (Å²) in [6.45, 7) is 4.79. The number of hydrogen-bond acceptors (Lipinski definition) is 5. The van der Waals surface area contributed by atoms with Gasteiger partial charge in [-0.05, 0) is 44.5 Å². The number of methoxy groups -OCH3 is 1. The fourth-order valence-electron chi connectivity index (χ4n) is 3.18. The summed E-state index contributed by atoms with van der Waals surface area (Å²) in [4.78, 5) is 27.5. The summed E-state index contributed by atoms with van der Waals surface area (Å²) in [5, 5.41) is 3.24. The molecule has 2 amide bonds. The lowest BCUT2D eigenvalue weighted by molar-refractivity contribution is -0.139. The van der Waals surface area contributed by atoms with Gasteiger partial charge in [-0.15, -0.1) is 0 Å². The molecule has 10 heteroatoms. The average Bonchev–Trinajstić information content (AvgIpc) is 2.75. The minimum absolute atomic E-state index is 0.0426. The van der Waals surface area contributed by atoms with Gasteiger partial charge in [-0.2, -0.15) is 0 Å². The summed E-state index contributed by atoms with van der Waals surface area (Å²) in [6, 6.07) is 12.4. The van der Waals surface area contributed by atoms with Gasteiger partial charge in [0.2, 0.25) is 21.8 Å².